The SMILES string of the molecule is CN1C2CCC1C1(C(C)(C)C)CCCN1C2. The molecule has 0 aromatic rings. The summed E-state index contributed by atoms with van der Waals surface area (Å²) in [7, 11) is 2.37. The van der Waals surface area contributed by atoms with Crippen molar-refractivity contribution in [3.63, 3.8) is 0 Å². The average Bonchev–Trinajstić information content (AvgIpc) is 2.70. The Labute approximate surface area is 100.0 Å². The van der Waals surface area contributed by atoms with Gasteiger partial charge in [-0.3, -0.25) is 9.80 Å². The number of nitrogens with zero attached hydrogens (tertiary/aromatic N) is 2. The van der Waals surface area contributed by atoms with E-state index in [1.54, 1.807) is 0 Å². The van der Waals surface area contributed by atoms with Gasteiger partial charge in [0, 0.05) is 24.2 Å². The third kappa shape index (κ3) is 1.15. The number of hydrogen-bond donors (Lipinski definition) is 0. The van der Waals surface area contributed by atoms with Crippen LogP contribution in [0, 0.1) is 5.41 Å². The molecule has 2 nitrogen and oxygen atoms in total. The van der Waals surface area contributed by atoms with Gasteiger partial charge in [-0.15, -0.1) is 0 Å². The van der Waals surface area contributed by atoms with E-state index in [0.29, 0.717) is 11.0 Å². The second kappa shape index (κ2) is 3.23. The summed E-state index contributed by atoms with van der Waals surface area (Å²) in [5, 5.41) is 0. The number of likely N-dealkylation sites (N-methyl/N-ethyl adjacent to an activating group) is 1. The molecule has 2 heteroatoms. The quantitative estimate of drug-likeness (QED) is 0.621. The minimum atomic E-state index is 0.414. The van der Waals surface area contributed by atoms with Gasteiger partial charge in [0.25, 0.3) is 0 Å². The molecule has 3 fully saturated rings. The normalized spacial score (nSPS) is 45.0. The van der Waals surface area contributed by atoms with Gasteiger partial charge < -0.3 is 0 Å². The van der Waals surface area contributed by atoms with Crippen molar-refractivity contribution in [3.8, 4) is 0 Å². The topological polar surface area (TPSA) is 6.48 Å². The standard InChI is InChI=1S/C14H26N2/c1-13(2,3)14-8-5-9-16(14)10-11-6-7-12(14)15(11)4/h11-12H,5-10H2,1-4H3. The molecule has 0 N–H and O–H groups in total. The van der Waals surface area contributed by atoms with Crippen LogP contribution in [0.2, 0.25) is 0 Å². The van der Waals surface area contributed by atoms with Crippen molar-refractivity contribution in [2.24, 2.45) is 5.41 Å². The highest BCUT2D eigenvalue weighted by atomic mass is 15.4. The van der Waals surface area contributed by atoms with Gasteiger partial charge >= 0.3 is 0 Å². The molecule has 0 aromatic heterocycles. The van der Waals surface area contributed by atoms with Crippen LogP contribution in [0.25, 0.3) is 0 Å². The van der Waals surface area contributed by atoms with Gasteiger partial charge in [0.2, 0.25) is 0 Å². The summed E-state index contributed by atoms with van der Waals surface area (Å²) in [6.45, 7) is 10.0. The van der Waals surface area contributed by atoms with Crippen molar-refractivity contribution in [3.05, 3.63) is 0 Å². The molecular weight excluding hydrogens is 196 g/mol. The summed E-state index contributed by atoms with van der Waals surface area (Å²) in [4.78, 5) is 5.54. The Morgan fingerprint density at radius 2 is 1.94 bits per heavy atom. The first-order chi connectivity index (χ1) is 7.47. The predicted octanol–water partition coefficient (Wildman–Crippen LogP) is 2.34. The molecule has 3 aliphatic rings. The maximum Gasteiger partial charge on any atom is 0.0414 e. The van der Waals surface area contributed by atoms with Crippen LogP contribution in [0.3, 0.4) is 0 Å². The fourth-order valence-electron chi connectivity index (χ4n) is 4.94. The van der Waals surface area contributed by atoms with Crippen LogP contribution in [0.4, 0.5) is 0 Å². The molecule has 0 amide bonds. The highest BCUT2D eigenvalue weighted by Crippen LogP contribution is 2.53. The molecule has 3 rings (SSSR count). The van der Waals surface area contributed by atoms with Gasteiger partial charge in [0.15, 0.2) is 0 Å². The lowest BCUT2D eigenvalue weighted by molar-refractivity contribution is -0.0785. The first-order valence-electron chi connectivity index (χ1n) is 6.94. The van der Waals surface area contributed by atoms with Gasteiger partial charge in [-0.1, -0.05) is 20.8 Å². The van der Waals surface area contributed by atoms with E-state index in [0.717, 1.165) is 12.1 Å². The largest absolute Gasteiger partial charge is 0.297 e. The highest BCUT2D eigenvalue weighted by Gasteiger charge is 2.60. The smallest absolute Gasteiger partial charge is 0.0414 e. The molecule has 16 heavy (non-hydrogen) atoms. The van der Waals surface area contributed by atoms with E-state index in [2.05, 4.69) is 37.6 Å². The lowest BCUT2D eigenvalue weighted by Gasteiger charge is -2.58. The van der Waals surface area contributed by atoms with Crippen LogP contribution >= 0.6 is 0 Å². The molecule has 3 saturated heterocycles. The second-order valence-electron chi connectivity index (χ2n) is 7.14. The average molecular weight is 222 g/mol. The fraction of sp³-hybridized carbons (Fsp3) is 1.00. The van der Waals surface area contributed by atoms with Crippen molar-refractivity contribution in [2.45, 2.75) is 64.1 Å². The fourth-order valence-corrected chi connectivity index (χ4v) is 4.94. The van der Waals surface area contributed by atoms with E-state index in [4.69, 9.17) is 0 Å². The molecule has 3 atom stereocenters. The molecule has 3 heterocycles. The van der Waals surface area contributed by atoms with Crippen molar-refractivity contribution >= 4 is 0 Å². The lowest BCUT2D eigenvalue weighted by Crippen LogP contribution is -2.69. The molecule has 2 bridgehead atoms. The summed E-state index contributed by atoms with van der Waals surface area (Å²) in [6, 6.07) is 1.66. The van der Waals surface area contributed by atoms with Gasteiger partial charge in [-0.2, -0.15) is 0 Å². The summed E-state index contributed by atoms with van der Waals surface area (Å²) in [6.07, 6.45) is 5.68. The zero-order chi connectivity index (χ0) is 11.6. The molecule has 0 saturated carbocycles. The minimum absolute atomic E-state index is 0.414. The van der Waals surface area contributed by atoms with Gasteiger partial charge in [-0.25, -0.2) is 0 Å². The maximum atomic E-state index is 2.84. The monoisotopic (exact) mass is 222 g/mol. The van der Waals surface area contributed by atoms with Crippen LogP contribution in [0.15, 0.2) is 0 Å². The zero-order valence-electron chi connectivity index (χ0n) is 11.3. The Kier molecular flexibility index (Phi) is 2.23. The first kappa shape index (κ1) is 11.0. The summed E-state index contributed by atoms with van der Waals surface area (Å²) in [5.41, 5.74) is 0.881. The molecule has 3 aliphatic heterocycles. The molecule has 0 spiro atoms. The van der Waals surface area contributed by atoms with Crippen molar-refractivity contribution in [1.82, 2.24) is 9.80 Å². The maximum absolute atomic E-state index is 2.84. The van der Waals surface area contributed by atoms with Crippen LogP contribution in [-0.2, 0) is 0 Å². The molecule has 0 radical (unpaired) electrons. The van der Waals surface area contributed by atoms with E-state index < -0.39 is 0 Å². The van der Waals surface area contributed by atoms with Gasteiger partial charge in [0.1, 0.15) is 0 Å². The first-order valence-corrected chi connectivity index (χ1v) is 6.94. The van der Waals surface area contributed by atoms with Gasteiger partial charge in [-0.05, 0) is 44.7 Å². The zero-order valence-corrected chi connectivity index (χ0v) is 11.3. The number of fused-ring (bicyclic) bond motifs is 4. The minimum Gasteiger partial charge on any atom is -0.297 e. The Morgan fingerprint density at radius 1 is 1.19 bits per heavy atom. The molecule has 0 aliphatic carbocycles. The van der Waals surface area contributed by atoms with Crippen molar-refractivity contribution in [2.75, 3.05) is 20.1 Å². The second-order valence-corrected chi connectivity index (χ2v) is 7.14. The summed E-state index contributed by atoms with van der Waals surface area (Å²) >= 11 is 0. The highest BCUT2D eigenvalue weighted by molar-refractivity contribution is 5.17. The third-order valence-electron chi connectivity index (χ3n) is 5.67. The van der Waals surface area contributed by atoms with E-state index in [9.17, 15) is 0 Å². The number of rotatable bonds is 0. The third-order valence-corrected chi connectivity index (χ3v) is 5.67. The molecular formula is C14H26N2. The van der Waals surface area contributed by atoms with Crippen LogP contribution < -0.4 is 0 Å². The van der Waals surface area contributed by atoms with E-state index in [1.165, 1.54) is 38.8 Å². The molecule has 92 valence electrons. The van der Waals surface area contributed by atoms with Crippen molar-refractivity contribution in [1.29, 1.82) is 0 Å². The van der Waals surface area contributed by atoms with Crippen LogP contribution in [-0.4, -0.2) is 47.6 Å². The predicted molar refractivity (Wildman–Crippen MR) is 67.6 cm³/mol. The Hall–Kier alpha value is -0.0800. The lowest BCUT2D eigenvalue weighted by atomic mass is 9.66. The van der Waals surface area contributed by atoms with Crippen LogP contribution in [0.5, 0.6) is 0 Å². The van der Waals surface area contributed by atoms with E-state index >= 15 is 0 Å². The molecule has 0 aromatic carbocycles. The summed E-state index contributed by atoms with van der Waals surface area (Å²) < 4.78 is 0. The Bertz CT molecular complexity index is 294. The van der Waals surface area contributed by atoms with Crippen molar-refractivity contribution < 1.29 is 0 Å². The van der Waals surface area contributed by atoms with E-state index in [1.807, 2.05) is 0 Å². The van der Waals surface area contributed by atoms with Gasteiger partial charge in [0.05, 0.1) is 0 Å². The summed E-state index contributed by atoms with van der Waals surface area (Å²) in [5.74, 6) is 0. The number of piperazine rings is 1. The molecule has 3 unspecified atom stereocenters. The number of hydrogen-bond acceptors (Lipinski definition) is 2. The van der Waals surface area contributed by atoms with Crippen LogP contribution in [0.1, 0.15) is 46.5 Å². The Balaban J connectivity index is 2.05. The van der Waals surface area contributed by atoms with E-state index in [-0.39, 0.29) is 0 Å². The Morgan fingerprint density at radius 3 is 2.62 bits per heavy atom.